The Labute approximate surface area is 501 Å². The van der Waals surface area contributed by atoms with Gasteiger partial charge in [-0.15, -0.1) is 0 Å². The molecule has 0 heterocycles. The van der Waals surface area contributed by atoms with Crippen LogP contribution in [0.4, 0.5) is 0 Å². The summed E-state index contributed by atoms with van der Waals surface area (Å²) >= 11 is 0. The number of nitrogens with one attached hydrogen (secondary N) is 1. The first kappa shape index (κ1) is 78.3. The maximum atomic E-state index is 12.5. The van der Waals surface area contributed by atoms with Crippen LogP contribution in [0.3, 0.4) is 0 Å². The van der Waals surface area contributed by atoms with Crippen LogP contribution in [0, 0.1) is 0 Å². The fourth-order valence-corrected chi connectivity index (χ4v) is 11.6. The van der Waals surface area contributed by atoms with Crippen molar-refractivity contribution in [1.82, 2.24) is 5.32 Å². The number of aliphatic hydroxyl groups excluding tert-OH is 2. The Balaban J connectivity index is 3.37. The average Bonchev–Trinajstić information content (AvgIpc) is 3.46. The van der Waals surface area contributed by atoms with Gasteiger partial charge in [0.05, 0.1) is 25.4 Å². The first-order valence-electron chi connectivity index (χ1n) is 36.6. The summed E-state index contributed by atoms with van der Waals surface area (Å²) in [6.45, 7) is 4.93. The fraction of sp³-hybridized carbons (Fsp3) is 0.919. The van der Waals surface area contributed by atoms with Crippen molar-refractivity contribution in [2.45, 2.75) is 424 Å². The summed E-state index contributed by atoms with van der Waals surface area (Å²) in [6.07, 6.45) is 88.4. The Kier molecular flexibility index (Phi) is 68.4. The summed E-state index contributed by atoms with van der Waals surface area (Å²) in [4.78, 5) is 24.6. The Hall–Kier alpha value is -1.66. The van der Waals surface area contributed by atoms with E-state index >= 15 is 0 Å². The Bertz CT molecular complexity index is 1250. The first-order chi connectivity index (χ1) is 39.5. The van der Waals surface area contributed by atoms with Gasteiger partial charge in [-0.2, -0.15) is 0 Å². The van der Waals surface area contributed by atoms with E-state index in [0.717, 1.165) is 44.9 Å². The van der Waals surface area contributed by atoms with Crippen molar-refractivity contribution in [3.8, 4) is 0 Å². The average molecular weight is 1130 g/mol. The number of unbranched alkanes of at least 4 members (excludes halogenated alkanes) is 56. The van der Waals surface area contributed by atoms with Crippen LogP contribution in [0.2, 0.25) is 0 Å². The first-order valence-corrected chi connectivity index (χ1v) is 36.6. The number of amides is 1. The highest BCUT2D eigenvalue weighted by Gasteiger charge is 2.18. The molecule has 0 radical (unpaired) electrons. The lowest BCUT2D eigenvalue weighted by Gasteiger charge is -2.20. The van der Waals surface area contributed by atoms with E-state index in [1.54, 1.807) is 6.08 Å². The predicted octanol–water partition coefficient (Wildman–Crippen LogP) is 23.7. The van der Waals surface area contributed by atoms with Crippen LogP contribution in [0.15, 0.2) is 24.3 Å². The largest absolute Gasteiger partial charge is 0.466 e. The van der Waals surface area contributed by atoms with Crippen molar-refractivity contribution in [2.24, 2.45) is 0 Å². The number of rotatable bonds is 69. The van der Waals surface area contributed by atoms with Gasteiger partial charge >= 0.3 is 5.97 Å². The number of carbonyl (C=O) groups excluding carboxylic acids is 2. The number of hydrogen-bond acceptors (Lipinski definition) is 5. The number of aliphatic hydroxyl groups is 2. The third-order valence-electron chi connectivity index (χ3n) is 17.2. The van der Waals surface area contributed by atoms with E-state index in [9.17, 15) is 19.8 Å². The summed E-state index contributed by atoms with van der Waals surface area (Å²) in [5.41, 5.74) is 0. The highest BCUT2D eigenvalue weighted by molar-refractivity contribution is 5.76. The summed E-state index contributed by atoms with van der Waals surface area (Å²) in [5.74, 6) is -0.0495. The molecule has 0 aliphatic carbocycles. The molecule has 0 spiro atoms. The topological polar surface area (TPSA) is 95.9 Å². The van der Waals surface area contributed by atoms with Gasteiger partial charge in [0, 0.05) is 12.8 Å². The quantitative estimate of drug-likeness (QED) is 0.0320. The molecule has 0 bridgehead atoms. The lowest BCUT2D eigenvalue weighted by Crippen LogP contribution is -2.45. The summed E-state index contributed by atoms with van der Waals surface area (Å²) in [6, 6.07) is -0.626. The maximum absolute atomic E-state index is 12.5. The van der Waals surface area contributed by atoms with Crippen molar-refractivity contribution in [1.29, 1.82) is 0 Å². The molecule has 0 rings (SSSR count). The molecule has 0 saturated carbocycles. The summed E-state index contributed by atoms with van der Waals surface area (Å²) in [5, 5.41) is 23.3. The number of carbonyl (C=O) groups is 2. The monoisotopic (exact) mass is 1130 g/mol. The molecule has 1 amide bonds. The number of ether oxygens (including phenoxy) is 1. The molecule has 2 unspecified atom stereocenters. The van der Waals surface area contributed by atoms with Gasteiger partial charge in [-0.3, -0.25) is 9.59 Å². The molecule has 0 aromatic heterocycles. The van der Waals surface area contributed by atoms with Crippen LogP contribution in [0.1, 0.15) is 412 Å². The molecule has 3 N–H and O–H groups in total. The van der Waals surface area contributed by atoms with Crippen LogP contribution in [0.5, 0.6) is 0 Å². The van der Waals surface area contributed by atoms with E-state index in [2.05, 4.69) is 31.3 Å². The second-order valence-electron chi connectivity index (χ2n) is 25.3. The molecule has 0 aromatic rings. The van der Waals surface area contributed by atoms with E-state index < -0.39 is 12.1 Å². The Morgan fingerprint density at radius 1 is 0.338 bits per heavy atom. The van der Waals surface area contributed by atoms with Crippen LogP contribution in [0.25, 0.3) is 0 Å². The lowest BCUT2D eigenvalue weighted by molar-refractivity contribution is -0.143. The van der Waals surface area contributed by atoms with Gasteiger partial charge in [0.15, 0.2) is 0 Å². The zero-order valence-electron chi connectivity index (χ0n) is 54.3. The number of allylic oxidation sites excluding steroid dienone is 3. The van der Waals surface area contributed by atoms with Crippen molar-refractivity contribution in [3.05, 3.63) is 24.3 Å². The SMILES string of the molecule is CCCCCC/C=C\CCCCCCCC(=O)OCCCCCCCCCCCCCCCCCCCCCCCCCCCCCCCC(=O)NC(CO)C(O)/C=C/CCCCCCCCCCCCCCCCCCCCC. The minimum absolute atomic E-state index is 0.0106. The van der Waals surface area contributed by atoms with Gasteiger partial charge in [-0.25, -0.2) is 0 Å². The zero-order chi connectivity index (χ0) is 57.8. The smallest absolute Gasteiger partial charge is 0.305 e. The van der Waals surface area contributed by atoms with E-state index in [1.165, 1.54) is 340 Å². The minimum atomic E-state index is -0.843. The number of esters is 1. The van der Waals surface area contributed by atoms with Crippen molar-refractivity contribution in [3.63, 3.8) is 0 Å². The summed E-state index contributed by atoms with van der Waals surface area (Å²) in [7, 11) is 0. The molecule has 0 saturated heterocycles. The van der Waals surface area contributed by atoms with Crippen molar-refractivity contribution in [2.75, 3.05) is 13.2 Å². The molecule has 474 valence electrons. The molecule has 0 aliphatic rings. The third kappa shape index (κ3) is 65.5. The van der Waals surface area contributed by atoms with Gasteiger partial charge in [-0.1, -0.05) is 366 Å². The highest BCUT2D eigenvalue weighted by atomic mass is 16.5. The molecule has 0 aromatic carbocycles. The van der Waals surface area contributed by atoms with Crippen LogP contribution >= 0.6 is 0 Å². The lowest BCUT2D eigenvalue weighted by atomic mass is 10.0. The molecule has 6 heteroatoms. The van der Waals surface area contributed by atoms with Gasteiger partial charge in [-0.05, 0) is 57.8 Å². The van der Waals surface area contributed by atoms with Gasteiger partial charge < -0.3 is 20.3 Å². The fourth-order valence-electron chi connectivity index (χ4n) is 11.6. The molecule has 6 nitrogen and oxygen atoms in total. The van der Waals surface area contributed by atoms with E-state index in [0.29, 0.717) is 19.4 Å². The summed E-state index contributed by atoms with van der Waals surface area (Å²) < 4.78 is 5.48. The molecular formula is C74H143NO5. The van der Waals surface area contributed by atoms with Gasteiger partial charge in [0.1, 0.15) is 0 Å². The highest BCUT2D eigenvalue weighted by Crippen LogP contribution is 2.19. The third-order valence-corrected chi connectivity index (χ3v) is 17.2. The van der Waals surface area contributed by atoms with Gasteiger partial charge in [0.25, 0.3) is 0 Å². The van der Waals surface area contributed by atoms with Crippen LogP contribution in [-0.4, -0.2) is 47.4 Å². The predicted molar refractivity (Wildman–Crippen MR) is 352 cm³/mol. The van der Waals surface area contributed by atoms with Gasteiger partial charge in [0.2, 0.25) is 5.91 Å². The molecule has 80 heavy (non-hydrogen) atoms. The van der Waals surface area contributed by atoms with Crippen molar-refractivity contribution >= 4 is 11.9 Å². The zero-order valence-corrected chi connectivity index (χ0v) is 54.3. The molecule has 2 atom stereocenters. The number of hydrogen-bond donors (Lipinski definition) is 3. The normalized spacial score (nSPS) is 12.6. The molecule has 0 fully saturated rings. The van der Waals surface area contributed by atoms with E-state index in [1.807, 2.05) is 6.08 Å². The second-order valence-corrected chi connectivity index (χ2v) is 25.3. The van der Waals surface area contributed by atoms with E-state index in [4.69, 9.17) is 4.74 Å². The van der Waals surface area contributed by atoms with Crippen LogP contribution in [-0.2, 0) is 14.3 Å². The van der Waals surface area contributed by atoms with Crippen molar-refractivity contribution < 1.29 is 24.5 Å². The molecule has 0 aliphatic heterocycles. The second kappa shape index (κ2) is 69.8. The Morgan fingerprint density at radius 2 is 0.588 bits per heavy atom. The standard InChI is InChI=1S/C74H143NO5/c1-3-5-7-9-11-13-15-17-18-19-20-30-33-36-39-43-46-50-54-58-62-66-72(77)71(70-76)75-73(78)67-63-59-55-51-47-44-40-37-34-31-28-26-24-22-21-23-25-27-29-32-35-38-41-45-49-53-57-61-65-69-80-74(79)68-64-60-56-52-48-42-16-14-12-10-8-6-4-2/h14,16,62,66,71-72,76-77H,3-13,15,17-61,63-65,67-70H2,1-2H3,(H,75,78)/b16-14-,66-62+. The van der Waals surface area contributed by atoms with E-state index in [-0.39, 0.29) is 18.5 Å². The maximum Gasteiger partial charge on any atom is 0.305 e. The molecular weight excluding hydrogens is 983 g/mol. The minimum Gasteiger partial charge on any atom is -0.466 e. The van der Waals surface area contributed by atoms with Crippen LogP contribution < -0.4 is 5.32 Å². The Morgan fingerprint density at radius 3 is 0.900 bits per heavy atom.